The van der Waals surface area contributed by atoms with Crippen LogP contribution in [0.3, 0.4) is 0 Å². The molecule has 0 aromatic heterocycles. The third kappa shape index (κ3) is 8.64. The van der Waals surface area contributed by atoms with E-state index in [1.165, 1.54) is 0 Å². The fourth-order valence-corrected chi connectivity index (χ4v) is 7.22. The third-order valence-electron chi connectivity index (χ3n) is 6.87. The molecule has 1 amide bonds. The predicted molar refractivity (Wildman–Crippen MR) is 144 cm³/mol. The van der Waals surface area contributed by atoms with E-state index in [1.54, 1.807) is 0 Å². The molecule has 212 valence electrons. The van der Waals surface area contributed by atoms with E-state index in [-0.39, 0.29) is 12.8 Å². The lowest BCUT2D eigenvalue weighted by molar-refractivity contribution is -0.125. The van der Waals surface area contributed by atoms with Crippen LogP contribution >= 0.6 is 38.4 Å². The maximum absolute atomic E-state index is 13.0. The van der Waals surface area contributed by atoms with Gasteiger partial charge in [0.2, 0.25) is 5.91 Å². The molecule has 1 fully saturated rings. The Kier molecular flexibility index (Phi) is 11.9. The second kappa shape index (κ2) is 13.6. The van der Waals surface area contributed by atoms with Gasteiger partial charge in [0.05, 0.1) is 6.04 Å². The van der Waals surface area contributed by atoms with E-state index in [9.17, 15) is 38.6 Å². The number of rotatable bonds is 14. The van der Waals surface area contributed by atoms with E-state index in [2.05, 4.69) is 5.32 Å². The molecular weight excluding hydrogens is 567 g/mol. The van der Waals surface area contributed by atoms with Crippen molar-refractivity contribution in [3.63, 3.8) is 0 Å². The van der Waals surface area contributed by atoms with Crippen LogP contribution in [-0.2, 0) is 20.3 Å². The van der Waals surface area contributed by atoms with Gasteiger partial charge < -0.3 is 40.6 Å². The fourth-order valence-electron chi connectivity index (χ4n) is 4.65. The van der Waals surface area contributed by atoms with Crippen LogP contribution in [0.25, 0.3) is 0 Å². The van der Waals surface area contributed by atoms with Crippen LogP contribution in [0.5, 0.6) is 0 Å². The van der Waals surface area contributed by atoms with Crippen molar-refractivity contribution in [3.8, 4) is 0 Å². The van der Waals surface area contributed by atoms with Gasteiger partial charge in [-0.1, -0.05) is 31.4 Å². The number of aliphatic hydroxyl groups is 1. The number of benzene rings is 1. The van der Waals surface area contributed by atoms with Crippen LogP contribution in [0.2, 0.25) is 0 Å². The average molecular weight is 604 g/mol. The topological polar surface area (TPSA) is 194 Å². The number of amides is 1. The van der Waals surface area contributed by atoms with Crippen molar-refractivity contribution in [3.05, 3.63) is 29.8 Å². The summed E-state index contributed by atoms with van der Waals surface area (Å²) in [5.41, 5.74) is 6.94. The van der Waals surface area contributed by atoms with E-state index < -0.39 is 44.2 Å². The minimum atomic E-state index is -5.59. The lowest BCUT2D eigenvalue weighted by Crippen LogP contribution is -2.55. The first-order valence-electron chi connectivity index (χ1n) is 12.1. The van der Waals surface area contributed by atoms with Crippen molar-refractivity contribution < 1.29 is 38.6 Å². The first-order chi connectivity index (χ1) is 17.2. The Labute approximate surface area is 227 Å². The number of carbonyl (C=O) groups excluding carboxylic acids is 1. The molecule has 2 rings (SSSR count). The van der Waals surface area contributed by atoms with E-state index in [0.717, 1.165) is 17.7 Å². The molecule has 1 aromatic carbocycles. The lowest BCUT2D eigenvalue weighted by Gasteiger charge is -2.41. The number of alkyl halides is 2. The van der Waals surface area contributed by atoms with Crippen molar-refractivity contribution in [2.45, 2.75) is 68.0 Å². The number of nitrogens with zero attached hydrogens (tertiary/aromatic N) is 1. The van der Waals surface area contributed by atoms with Gasteiger partial charge >= 0.3 is 15.2 Å². The van der Waals surface area contributed by atoms with Crippen LogP contribution in [0.15, 0.2) is 24.3 Å². The number of carbonyl (C=O) groups is 1. The number of halogens is 2. The molecule has 1 aromatic rings. The number of nitrogens with one attached hydrogen (secondary N) is 1. The summed E-state index contributed by atoms with van der Waals surface area (Å²) >= 11 is 11.7. The maximum Gasteiger partial charge on any atom is 0.369 e. The van der Waals surface area contributed by atoms with Gasteiger partial charge in [0.1, 0.15) is 0 Å². The van der Waals surface area contributed by atoms with Gasteiger partial charge in [-0.3, -0.25) is 13.9 Å². The molecule has 0 bridgehead atoms. The Balaban J connectivity index is 2.12. The monoisotopic (exact) mass is 603 g/mol. The third-order valence-corrected chi connectivity index (χ3v) is 11.1. The summed E-state index contributed by atoms with van der Waals surface area (Å²) in [6.07, 6.45) is 2.23. The largest absolute Gasteiger partial charge is 0.369 e. The molecule has 0 saturated heterocycles. The Bertz CT molecular complexity index is 955. The van der Waals surface area contributed by atoms with Gasteiger partial charge in [0.25, 0.3) is 5.08 Å². The molecule has 0 aliphatic heterocycles. The molecule has 37 heavy (non-hydrogen) atoms. The molecule has 0 heterocycles. The second-order valence-corrected chi connectivity index (χ2v) is 14.3. The highest BCUT2D eigenvalue weighted by Gasteiger charge is 2.59. The van der Waals surface area contributed by atoms with Gasteiger partial charge in [-0.25, -0.2) is 0 Å². The van der Waals surface area contributed by atoms with Crippen molar-refractivity contribution in [1.82, 2.24) is 5.32 Å². The molecule has 1 saturated carbocycles. The second-order valence-electron chi connectivity index (χ2n) is 9.53. The molecule has 11 nitrogen and oxygen atoms in total. The number of hydrogen-bond acceptors (Lipinski definition) is 6. The molecular formula is C22H37Cl2N3O8P2. The Hall–Kier alpha value is -0.710. The van der Waals surface area contributed by atoms with Crippen LogP contribution in [-0.4, -0.2) is 72.1 Å². The van der Waals surface area contributed by atoms with Gasteiger partial charge in [0, 0.05) is 42.5 Å². The SMILES string of the molecule is N[C@@H](Cc1ccc(N(CCCl)CCCl)cc1)C(=O)NC1(CCC(O)(P(=O)(O)O)P(=O)(O)O)CCCCC1. The average Bonchev–Trinajstić information content (AvgIpc) is 2.82. The molecule has 0 spiro atoms. The van der Waals surface area contributed by atoms with Crippen molar-refractivity contribution >= 4 is 50.0 Å². The van der Waals surface area contributed by atoms with Gasteiger partial charge in [-0.15, -0.1) is 23.2 Å². The molecule has 15 heteroatoms. The molecule has 8 N–H and O–H groups in total. The zero-order chi connectivity index (χ0) is 27.9. The van der Waals surface area contributed by atoms with Crippen molar-refractivity contribution in [2.75, 3.05) is 29.7 Å². The Morgan fingerprint density at radius 1 is 1.03 bits per heavy atom. The zero-order valence-corrected chi connectivity index (χ0v) is 23.8. The summed E-state index contributed by atoms with van der Waals surface area (Å²) in [6, 6.07) is 6.57. The highest BCUT2D eigenvalue weighted by atomic mass is 35.5. The van der Waals surface area contributed by atoms with Crippen LogP contribution in [0, 0.1) is 0 Å². The predicted octanol–water partition coefficient (Wildman–Crippen LogP) is 2.44. The highest BCUT2D eigenvalue weighted by Crippen LogP contribution is 2.69. The Morgan fingerprint density at radius 2 is 1.54 bits per heavy atom. The summed E-state index contributed by atoms with van der Waals surface area (Å²) in [5, 5.41) is 9.66. The van der Waals surface area contributed by atoms with Crippen LogP contribution in [0.1, 0.15) is 50.5 Å². The summed E-state index contributed by atoms with van der Waals surface area (Å²) in [5.74, 6) is 0.406. The lowest BCUT2D eigenvalue weighted by atomic mass is 9.78. The van der Waals surface area contributed by atoms with Gasteiger partial charge in [0.15, 0.2) is 0 Å². The minimum absolute atomic E-state index is 0.224. The van der Waals surface area contributed by atoms with Gasteiger partial charge in [-0.05, 0) is 43.4 Å². The standard InChI is InChI=1S/C22H37Cl2N3O8P2/c23-12-14-27(15-13-24)18-6-4-17(5-7-18)16-19(25)20(28)26-21(8-2-1-3-9-21)10-11-22(29,36(30,31)32)37(33,34)35/h4-7,19,29H,1-3,8-16,25H2,(H,26,28)(H2,30,31,32)(H2,33,34,35)/t19-/m0/s1. The van der Waals surface area contributed by atoms with E-state index in [4.69, 9.17) is 28.9 Å². The first kappa shape index (κ1) is 32.5. The summed E-state index contributed by atoms with van der Waals surface area (Å²) < 4.78 is 23.6. The highest BCUT2D eigenvalue weighted by molar-refractivity contribution is 7.72. The van der Waals surface area contributed by atoms with E-state index in [0.29, 0.717) is 50.5 Å². The maximum atomic E-state index is 13.0. The molecule has 1 aliphatic carbocycles. The summed E-state index contributed by atoms with van der Waals surface area (Å²) in [4.78, 5) is 53.0. The molecule has 1 aliphatic rings. The Morgan fingerprint density at radius 3 is 2.00 bits per heavy atom. The minimum Gasteiger partial charge on any atom is -0.369 e. The fraction of sp³-hybridized carbons (Fsp3) is 0.682. The molecule has 1 atom stereocenters. The zero-order valence-electron chi connectivity index (χ0n) is 20.5. The van der Waals surface area contributed by atoms with E-state index >= 15 is 0 Å². The normalized spacial score (nSPS) is 17.3. The quantitative estimate of drug-likeness (QED) is 0.123. The number of anilines is 1. The number of hydrogen-bond donors (Lipinski definition) is 7. The smallest absolute Gasteiger partial charge is 0.369 e. The molecule has 0 unspecified atom stereocenters. The van der Waals surface area contributed by atoms with Crippen LogP contribution < -0.4 is 16.0 Å². The molecule has 0 radical (unpaired) electrons. The van der Waals surface area contributed by atoms with Crippen LogP contribution in [0.4, 0.5) is 5.69 Å². The summed E-state index contributed by atoms with van der Waals surface area (Å²) in [6.45, 7) is 1.27. The van der Waals surface area contributed by atoms with E-state index in [1.807, 2.05) is 29.2 Å². The summed E-state index contributed by atoms with van der Waals surface area (Å²) in [7, 11) is -11.2. The first-order valence-corrected chi connectivity index (χ1v) is 16.3. The van der Waals surface area contributed by atoms with Crippen molar-refractivity contribution in [2.24, 2.45) is 5.73 Å². The van der Waals surface area contributed by atoms with Crippen molar-refractivity contribution in [1.29, 1.82) is 0 Å². The number of nitrogens with two attached hydrogens (primary N) is 1. The van der Waals surface area contributed by atoms with Gasteiger partial charge in [-0.2, -0.15) is 0 Å².